The molecule has 114 valence electrons. The van der Waals surface area contributed by atoms with Crippen LogP contribution in [0.4, 0.5) is 0 Å². The monoisotopic (exact) mass is 325 g/mol. The van der Waals surface area contributed by atoms with E-state index in [9.17, 15) is 8.42 Å². The van der Waals surface area contributed by atoms with Gasteiger partial charge in [-0.3, -0.25) is 4.90 Å². The maximum atomic E-state index is 11.6. The molecule has 1 aromatic carbocycles. The fourth-order valence-corrected chi connectivity index (χ4v) is 4.48. The van der Waals surface area contributed by atoms with Gasteiger partial charge in [-0.15, -0.1) is 0 Å². The highest BCUT2D eigenvalue weighted by molar-refractivity contribution is 7.91. The molecule has 0 bridgehead atoms. The van der Waals surface area contributed by atoms with Crippen LogP contribution in [-0.2, 0) is 9.84 Å². The molecule has 3 nitrogen and oxygen atoms in total. The molecule has 1 aliphatic heterocycles. The van der Waals surface area contributed by atoms with Gasteiger partial charge in [0.2, 0.25) is 0 Å². The summed E-state index contributed by atoms with van der Waals surface area (Å²) in [6.07, 6.45) is 1.71. The summed E-state index contributed by atoms with van der Waals surface area (Å²) in [5.41, 5.74) is 0.814. The molecule has 0 N–H and O–H groups in total. The lowest BCUT2D eigenvalue weighted by Crippen LogP contribution is -2.37. The maximum Gasteiger partial charge on any atom is 0.151 e. The maximum absolute atomic E-state index is 11.6. The average Bonchev–Trinajstić information content (AvgIpc) is 2.80. The fraction of sp³-hybridized carbons (Fsp3) is 0.500. The molecule has 0 aliphatic carbocycles. The first-order valence-corrected chi connectivity index (χ1v) is 9.39. The van der Waals surface area contributed by atoms with Gasteiger partial charge in [0.25, 0.3) is 0 Å². The summed E-state index contributed by atoms with van der Waals surface area (Å²) >= 11 is 6.07. The van der Waals surface area contributed by atoms with Gasteiger partial charge in [-0.2, -0.15) is 0 Å². The van der Waals surface area contributed by atoms with Crippen molar-refractivity contribution in [1.82, 2.24) is 4.90 Å². The third-order valence-corrected chi connectivity index (χ3v) is 5.69. The molecule has 0 saturated carbocycles. The summed E-state index contributed by atoms with van der Waals surface area (Å²) in [6.45, 7) is 3.55. The zero-order chi connectivity index (χ0) is 15.3. The van der Waals surface area contributed by atoms with Crippen molar-refractivity contribution in [2.45, 2.75) is 25.8 Å². The molecule has 1 aromatic rings. The Balaban J connectivity index is 2.03. The first-order chi connectivity index (χ1) is 10.0. The number of hydrogen-bond acceptors (Lipinski definition) is 3. The predicted octanol–water partition coefficient (Wildman–Crippen LogP) is 2.59. The molecule has 1 saturated heterocycles. The van der Waals surface area contributed by atoms with E-state index in [0.717, 1.165) is 24.9 Å². The Bertz CT molecular complexity index is 646. The van der Waals surface area contributed by atoms with E-state index in [1.807, 2.05) is 24.3 Å². The number of rotatable bonds is 4. The molecule has 1 fully saturated rings. The normalized spacial score (nSPS) is 20.2. The minimum atomic E-state index is -2.85. The Kier molecular flexibility index (Phi) is 5.69. The number of benzene rings is 1. The third kappa shape index (κ3) is 4.74. The molecule has 5 heteroatoms. The second kappa shape index (κ2) is 7.31. The number of halogens is 1. The third-order valence-electron chi connectivity index (χ3n) is 3.61. The molecule has 21 heavy (non-hydrogen) atoms. The summed E-state index contributed by atoms with van der Waals surface area (Å²) in [5.74, 6) is 6.77. The lowest BCUT2D eigenvalue weighted by molar-refractivity contribution is 0.239. The van der Waals surface area contributed by atoms with Gasteiger partial charge in [0, 0.05) is 11.6 Å². The Morgan fingerprint density at radius 1 is 1.38 bits per heavy atom. The quantitative estimate of drug-likeness (QED) is 0.799. The van der Waals surface area contributed by atoms with Gasteiger partial charge in [-0.05, 0) is 31.5 Å². The largest absolute Gasteiger partial charge is 0.288 e. The van der Waals surface area contributed by atoms with Gasteiger partial charge in [-0.1, -0.05) is 42.5 Å². The smallest absolute Gasteiger partial charge is 0.151 e. The van der Waals surface area contributed by atoms with E-state index in [1.165, 1.54) is 0 Å². The highest BCUT2D eigenvalue weighted by atomic mass is 35.5. The molecule has 0 unspecified atom stereocenters. The molecule has 1 aliphatic rings. The van der Waals surface area contributed by atoms with Gasteiger partial charge in [0.05, 0.1) is 23.1 Å². The zero-order valence-electron chi connectivity index (χ0n) is 12.2. The van der Waals surface area contributed by atoms with Crippen LogP contribution in [0.5, 0.6) is 0 Å². The van der Waals surface area contributed by atoms with Crippen LogP contribution >= 0.6 is 11.6 Å². The van der Waals surface area contributed by atoms with Crippen LogP contribution in [0.15, 0.2) is 24.3 Å². The van der Waals surface area contributed by atoms with E-state index in [2.05, 4.69) is 23.7 Å². The summed E-state index contributed by atoms with van der Waals surface area (Å²) < 4.78 is 23.2. The Hall–Kier alpha value is -1.02. The van der Waals surface area contributed by atoms with E-state index >= 15 is 0 Å². The van der Waals surface area contributed by atoms with Crippen molar-refractivity contribution >= 4 is 21.4 Å². The standard InChI is InChI=1S/C16H20ClNO2S/c1-2-10-18(15-9-12-21(19,20)13-15)11-5-7-14-6-3-4-8-16(14)17/h3-4,6,8,15H,2,9-13H2,1H3/t15-/m0/s1. The molecule has 0 spiro atoms. The summed E-state index contributed by atoms with van der Waals surface area (Å²) in [7, 11) is -2.85. The van der Waals surface area contributed by atoms with E-state index in [-0.39, 0.29) is 11.8 Å². The van der Waals surface area contributed by atoms with Crippen molar-refractivity contribution < 1.29 is 8.42 Å². The van der Waals surface area contributed by atoms with E-state index in [1.54, 1.807) is 0 Å². The number of sulfone groups is 1. The SMILES string of the molecule is CCCN(CC#Cc1ccccc1Cl)[C@H]1CCS(=O)(=O)C1. The number of hydrogen-bond donors (Lipinski definition) is 0. The van der Waals surface area contributed by atoms with Crippen molar-refractivity contribution in [3.63, 3.8) is 0 Å². The van der Waals surface area contributed by atoms with Crippen LogP contribution in [0, 0.1) is 11.8 Å². The molecule has 0 aromatic heterocycles. The van der Waals surface area contributed by atoms with Crippen molar-refractivity contribution in [2.24, 2.45) is 0 Å². The first kappa shape index (κ1) is 16.4. The van der Waals surface area contributed by atoms with Crippen molar-refractivity contribution in [2.75, 3.05) is 24.6 Å². The van der Waals surface area contributed by atoms with Crippen LogP contribution in [0.1, 0.15) is 25.3 Å². The summed E-state index contributed by atoms with van der Waals surface area (Å²) in [4.78, 5) is 2.17. The number of nitrogens with zero attached hydrogens (tertiary/aromatic N) is 1. The Morgan fingerprint density at radius 2 is 2.14 bits per heavy atom. The Labute approximate surface area is 132 Å². The van der Waals surface area contributed by atoms with Crippen molar-refractivity contribution in [3.05, 3.63) is 34.9 Å². The lowest BCUT2D eigenvalue weighted by Gasteiger charge is -2.25. The van der Waals surface area contributed by atoms with Gasteiger partial charge in [-0.25, -0.2) is 8.42 Å². The van der Waals surface area contributed by atoms with Gasteiger partial charge in [0.1, 0.15) is 0 Å². The summed E-state index contributed by atoms with van der Waals surface area (Å²) in [6, 6.07) is 7.60. The zero-order valence-corrected chi connectivity index (χ0v) is 13.8. The highest BCUT2D eigenvalue weighted by Gasteiger charge is 2.31. The van der Waals surface area contributed by atoms with E-state index in [0.29, 0.717) is 17.3 Å². The molecule has 1 heterocycles. The van der Waals surface area contributed by atoms with Crippen molar-refractivity contribution in [1.29, 1.82) is 0 Å². The fourth-order valence-electron chi connectivity index (χ4n) is 2.54. The molecule has 1 atom stereocenters. The lowest BCUT2D eigenvalue weighted by atomic mass is 10.2. The highest BCUT2D eigenvalue weighted by Crippen LogP contribution is 2.18. The van der Waals surface area contributed by atoms with Crippen LogP contribution in [0.2, 0.25) is 5.02 Å². The van der Waals surface area contributed by atoms with Gasteiger partial charge >= 0.3 is 0 Å². The molecule has 2 rings (SSSR count). The molecular weight excluding hydrogens is 306 g/mol. The van der Waals surface area contributed by atoms with Crippen LogP contribution in [0.25, 0.3) is 0 Å². The first-order valence-electron chi connectivity index (χ1n) is 7.19. The second-order valence-electron chi connectivity index (χ2n) is 5.31. The van der Waals surface area contributed by atoms with Crippen LogP contribution in [0.3, 0.4) is 0 Å². The average molecular weight is 326 g/mol. The molecular formula is C16H20ClNO2S. The van der Waals surface area contributed by atoms with E-state index in [4.69, 9.17) is 11.6 Å². The summed E-state index contributed by atoms with van der Waals surface area (Å²) in [5, 5.41) is 0.649. The van der Waals surface area contributed by atoms with Crippen LogP contribution < -0.4 is 0 Å². The molecule has 0 amide bonds. The minimum Gasteiger partial charge on any atom is -0.288 e. The van der Waals surface area contributed by atoms with Gasteiger partial charge in [0.15, 0.2) is 9.84 Å². The van der Waals surface area contributed by atoms with Crippen LogP contribution in [-0.4, -0.2) is 44.0 Å². The van der Waals surface area contributed by atoms with E-state index < -0.39 is 9.84 Å². The van der Waals surface area contributed by atoms with Crippen molar-refractivity contribution in [3.8, 4) is 11.8 Å². The minimum absolute atomic E-state index is 0.107. The second-order valence-corrected chi connectivity index (χ2v) is 7.94. The van der Waals surface area contributed by atoms with Gasteiger partial charge < -0.3 is 0 Å². The topological polar surface area (TPSA) is 37.4 Å². The molecule has 0 radical (unpaired) electrons. The predicted molar refractivity (Wildman–Crippen MR) is 87.3 cm³/mol. The Morgan fingerprint density at radius 3 is 2.76 bits per heavy atom.